The SMILES string of the molecule is COc1cc(Cl)c(C(O)C(F)F)cc1Cl. The second kappa shape index (κ2) is 4.96. The number of methoxy groups -OCH3 is 1. The summed E-state index contributed by atoms with van der Waals surface area (Å²) in [5.74, 6) is 0.270. The largest absolute Gasteiger partial charge is 0.495 e. The van der Waals surface area contributed by atoms with E-state index in [-0.39, 0.29) is 21.4 Å². The first-order valence-corrected chi connectivity index (χ1v) is 4.72. The van der Waals surface area contributed by atoms with Gasteiger partial charge in [0.1, 0.15) is 11.9 Å². The van der Waals surface area contributed by atoms with Crippen molar-refractivity contribution in [2.75, 3.05) is 7.11 Å². The summed E-state index contributed by atoms with van der Waals surface area (Å²) in [6.45, 7) is 0. The summed E-state index contributed by atoms with van der Waals surface area (Å²) in [6.07, 6.45) is -4.85. The Morgan fingerprint density at radius 2 is 1.87 bits per heavy atom. The van der Waals surface area contributed by atoms with Crippen molar-refractivity contribution in [3.8, 4) is 5.75 Å². The Bertz CT molecular complexity index is 358. The highest BCUT2D eigenvalue weighted by atomic mass is 35.5. The lowest BCUT2D eigenvalue weighted by Crippen LogP contribution is -2.08. The predicted molar refractivity (Wildman–Crippen MR) is 54.0 cm³/mol. The first-order valence-electron chi connectivity index (χ1n) is 3.96. The first kappa shape index (κ1) is 12.5. The van der Waals surface area contributed by atoms with Crippen LogP contribution in [0.3, 0.4) is 0 Å². The van der Waals surface area contributed by atoms with Crippen LogP contribution in [-0.4, -0.2) is 18.6 Å². The van der Waals surface area contributed by atoms with Gasteiger partial charge >= 0.3 is 0 Å². The molecule has 0 aliphatic heterocycles. The van der Waals surface area contributed by atoms with Crippen LogP contribution in [0.5, 0.6) is 5.75 Å². The fourth-order valence-corrected chi connectivity index (χ4v) is 1.58. The fourth-order valence-electron chi connectivity index (χ4n) is 1.06. The quantitative estimate of drug-likeness (QED) is 0.900. The van der Waals surface area contributed by atoms with Crippen LogP contribution in [0.15, 0.2) is 12.1 Å². The smallest absolute Gasteiger partial charge is 0.268 e. The molecule has 0 aromatic heterocycles. The van der Waals surface area contributed by atoms with E-state index in [9.17, 15) is 8.78 Å². The van der Waals surface area contributed by atoms with Gasteiger partial charge < -0.3 is 9.84 Å². The molecular formula is C9H8Cl2F2O2. The molecule has 1 unspecified atom stereocenters. The third-order valence-corrected chi connectivity index (χ3v) is 2.45. The first-order chi connectivity index (χ1) is 6.97. The van der Waals surface area contributed by atoms with Crippen molar-refractivity contribution in [3.63, 3.8) is 0 Å². The number of rotatable bonds is 3. The minimum atomic E-state index is -2.91. The zero-order valence-corrected chi connectivity index (χ0v) is 9.19. The fraction of sp³-hybridized carbons (Fsp3) is 0.333. The Kier molecular flexibility index (Phi) is 4.13. The van der Waals surface area contributed by atoms with E-state index in [1.807, 2.05) is 0 Å². The zero-order chi connectivity index (χ0) is 11.6. The van der Waals surface area contributed by atoms with Gasteiger partial charge in [0.05, 0.1) is 17.2 Å². The van der Waals surface area contributed by atoms with E-state index in [4.69, 9.17) is 33.0 Å². The maximum atomic E-state index is 12.2. The van der Waals surface area contributed by atoms with Gasteiger partial charge in [-0.05, 0) is 6.07 Å². The summed E-state index contributed by atoms with van der Waals surface area (Å²) in [5.41, 5.74) is -0.113. The maximum Gasteiger partial charge on any atom is 0.268 e. The molecule has 1 aromatic carbocycles. The number of hydrogen-bond acceptors (Lipinski definition) is 2. The molecule has 1 aromatic rings. The van der Waals surface area contributed by atoms with E-state index in [1.165, 1.54) is 19.2 Å². The van der Waals surface area contributed by atoms with E-state index in [2.05, 4.69) is 0 Å². The van der Waals surface area contributed by atoms with Crippen molar-refractivity contribution in [2.24, 2.45) is 0 Å². The zero-order valence-electron chi connectivity index (χ0n) is 7.68. The van der Waals surface area contributed by atoms with Gasteiger partial charge in [-0.15, -0.1) is 0 Å². The minimum absolute atomic E-state index is 0.0101. The topological polar surface area (TPSA) is 29.5 Å². The second-order valence-electron chi connectivity index (χ2n) is 2.79. The van der Waals surface area contributed by atoms with E-state index in [0.717, 1.165) is 0 Å². The lowest BCUT2D eigenvalue weighted by atomic mass is 10.1. The molecule has 0 aliphatic rings. The number of benzene rings is 1. The van der Waals surface area contributed by atoms with Crippen LogP contribution in [-0.2, 0) is 0 Å². The normalized spacial score (nSPS) is 13.0. The highest BCUT2D eigenvalue weighted by Gasteiger charge is 2.23. The van der Waals surface area contributed by atoms with Gasteiger partial charge in [-0.2, -0.15) is 0 Å². The molecule has 84 valence electrons. The predicted octanol–water partition coefficient (Wildman–Crippen LogP) is 3.30. The van der Waals surface area contributed by atoms with Crippen molar-refractivity contribution in [1.82, 2.24) is 0 Å². The third kappa shape index (κ3) is 2.71. The van der Waals surface area contributed by atoms with Gasteiger partial charge in [0, 0.05) is 11.6 Å². The van der Waals surface area contributed by atoms with Gasteiger partial charge in [0.2, 0.25) is 0 Å². The summed E-state index contributed by atoms with van der Waals surface area (Å²) in [5, 5.41) is 9.24. The molecule has 0 saturated carbocycles. The minimum Gasteiger partial charge on any atom is -0.495 e. The highest BCUT2D eigenvalue weighted by molar-refractivity contribution is 6.34. The molecule has 2 nitrogen and oxygen atoms in total. The molecule has 15 heavy (non-hydrogen) atoms. The molecule has 0 aliphatic carbocycles. The van der Waals surface area contributed by atoms with Gasteiger partial charge in [0.15, 0.2) is 0 Å². The Labute approximate surface area is 95.4 Å². The monoisotopic (exact) mass is 256 g/mol. The molecule has 1 rings (SSSR count). The number of ether oxygens (including phenoxy) is 1. The van der Waals surface area contributed by atoms with Gasteiger partial charge in [0.25, 0.3) is 6.43 Å². The lowest BCUT2D eigenvalue weighted by molar-refractivity contribution is -0.00574. The Morgan fingerprint density at radius 1 is 1.27 bits per heavy atom. The van der Waals surface area contributed by atoms with Gasteiger partial charge in [-0.1, -0.05) is 23.2 Å². The molecule has 1 N–H and O–H groups in total. The van der Waals surface area contributed by atoms with E-state index in [0.29, 0.717) is 0 Å². The van der Waals surface area contributed by atoms with Crippen molar-refractivity contribution >= 4 is 23.2 Å². The summed E-state index contributed by atoms with van der Waals surface area (Å²) >= 11 is 11.4. The molecule has 0 saturated heterocycles. The van der Waals surface area contributed by atoms with Gasteiger partial charge in [-0.3, -0.25) is 0 Å². The molecular weight excluding hydrogens is 249 g/mol. The van der Waals surface area contributed by atoms with Crippen molar-refractivity contribution in [2.45, 2.75) is 12.5 Å². The van der Waals surface area contributed by atoms with Crippen LogP contribution in [0.2, 0.25) is 10.0 Å². The maximum absolute atomic E-state index is 12.2. The van der Waals surface area contributed by atoms with E-state index < -0.39 is 12.5 Å². The molecule has 0 bridgehead atoms. The molecule has 1 atom stereocenters. The van der Waals surface area contributed by atoms with Crippen molar-refractivity contribution < 1.29 is 18.6 Å². The number of aliphatic hydroxyl groups is 1. The van der Waals surface area contributed by atoms with Crippen LogP contribution < -0.4 is 4.74 Å². The Morgan fingerprint density at radius 3 is 2.33 bits per heavy atom. The number of hydrogen-bond donors (Lipinski definition) is 1. The molecule has 0 spiro atoms. The van der Waals surface area contributed by atoms with Crippen LogP contribution in [0, 0.1) is 0 Å². The summed E-state index contributed by atoms with van der Waals surface area (Å²) in [4.78, 5) is 0. The Hall–Kier alpha value is -0.580. The Balaban J connectivity index is 3.15. The molecule has 0 radical (unpaired) electrons. The second-order valence-corrected chi connectivity index (χ2v) is 3.60. The summed E-state index contributed by atoms with van der Waals surface area (Å²) in [7, 11) is 1.38. The highest BCUT2D eigenvalue weighted by Crippen LogP contribution is 2.35. The number of halogens is 4. The molecule has 0 fully saturated rings. The third-order valence-electron chi connectivity index (χ3n) is 1.83. The van der Waals surface area contributed by atoms with E-state index >= 15 is 0 Å². The van der Waals surface area contributed by atoms with Gasteiger partial charge in [-0.25, -0.2) is 8.78 Å². The average Bonchev–Trinajstić information content (AvgIpc) is 2.19. The van der Waals surface area contributed by atoms with Crippen LogP contribution >= 0.6 is 23.2 Å². The van der Waals surface area contributed by atoms with Crippen LogP contribution in [0.25, 0.3) is 0 Å². The average molecular weight is 257 g/mol. The lowest BCUT2D eigenvalue weighted by Gasteiger charge is -2.13. The number of aliphatic hydroxyl groups excluding tert-OH is 1. The number of alkyl halides is 2. The van der Waals surface area contributed by atoms with Crippen molar-refractivity contribution in [1.29, 1.82) is 0 Å². The summed E-state index contributed by atoms with van der Waals surface area (Å²) < 4.78 is 29.3. The molecule has 6 heteroatoms. The summed E-state index contributed by atoms with van der Waals surface area (Å²) in [6, 6.07) is 2.45. The van der Waals surface area contributed by atoms with Crippen molar-refractivity contribution in [3.05, 3.63) is 27.7 Å². The van der Waals surface area contributed by atoms with Crippen LogP contribution in [0.1, 0.15) is 11.7 Å². The molecule has 0 heterocycles. The standard InChI is InChI=1S/C9H8Cl2F2O2/c1-15-7-3-5(10)4(2-6(7)11)8(14)9(12)13/h2-3,8-9,14H,1H3. The van der Waals surface area contributed by atoms with Crippen LogP contribution in [0.4, 0.5) is 8.78 Å². The van der Waals surface area contributed by atoms with E-state index in [1.54, 1.807) is 0 Å². The molecule has 0 amide bonds.